The molecule has 2 aliphatic heterocycles. The summed E-state index contributed by atoms with van der Waals surface area (Å²) in [6.07, 6.45) is 2.33. The van der Waals surface area contributed by atoms with Gasteiger partial charge in [0.15, 0.2) is 0 Å². The predicted molar refractivity (Wildman–Crippen MR) is 114 cm³/mol. The van der Waals surface area contributed by atoms with Gasteiger partial charge in [0.1, 0.15) is 6.10 Å². The number of benzene rings is 1. The van der Waals surface area contributed by atoms with Crippen LogP contribution in [0.1, 0.15) is 18.4 Å². The number of thioether (sulfide) groups is 1. The van der Waals surface area contributed by atoms with Gasteiger partial charge in [-0.05, 0) is 37.0 Å². The van der Waals surface area contributed by atoms with E-state index < -0.39 is 0 Å². The Bertz CT molecular complexity index is 542. The number of carbonyl (C=O) groups excluding carboxylic acids is 1. The molecule has 0 unspecified atom stereocenters. The second-order valence-corrected chi connectivity index (χ2v) is 7.67. The lowest BCUT2D eigenvalue weighted by Gasteiger charge is -2.26. The average molecular weight is 422 g/mol. The van der Waals surface area contributed by atoms with Gasteiger partial charge in [-0.15, -0.1) is 24.8 Å². The monoisotopic (exact) mass is 421 g/mol. The molecule has 2 saturated heterocycles. The van der Waals surface area contributed by atoms with Gasteiger partial charge in [-0.25, -0.2) is 0 Å². The minimum Gasteiger partial charge on any atom is -0.364 e. The molecule has 2 fully saturated rings. The van der Waals surface area contributed by atoms with Gasteiger partial charge in [0.05, 0.1) is 6.10 Å². The SMILES string of the molecule is Cl.Cl.NC[C@H]1CC[C@@H](C(=O)Nc2ccc(CCN3CCSCC3)cc2)O1. The maximum absolute atomic E-state index is 12.2. The van der Waals surface area contributed by atoms with Crippen molar-refractivity contribution in [3.05, 3.63) is 29.8 Å². The van der Waals surface area contributed by atoms with Crippen LogP contribution in [-0.2, 0) is 16.0 Å². The number of rotatable bonds is 6. The molecular weight excluding hydrogens is 393 g/mol. The number of carbonyl (C=O) groups is 1. The molecular formula is C18H29Cl2N3O2S. The van der Waals surface area contributed by atoms with Crippen molar-refractivity contribution in [2.75, 3.05) is 43.0 Å². The van der Waals surface area contributed by atoms with Crippen LogP contribution < -0.4 is 11.1 Å². The fourth-order valence-electron chi connectivity index (χ4n) is 3.16. The molecule has 2 aliphatic rings. The van der Waals surface area contributed by atoms with Gasteiger partial charge in [-0.3, -0.25) is 4.79 Å². The van der Waals surface area contributed by atoms with Crippen LogP contribution in [0.5, 0.6) is 0 Å². The van der Waals surface area contributed by atoms with Crippen LogP contribution in [0.2, 0.25) is 0 Å². The summed E-state index contributed by atoms with van der Waals surface area (Å²) >= 11 is 2.04. The highest BCUT2D eigenvalue weighted by Gasteiger charge is 2.29. The molecule has 1 aromatic rings. The van der Waals surface area contributed by atoms with E-state index in [1.54, 1.807) is 0 Å². The summed E-state index contributed by atoms with van der Waals surface area (Å²) in [7, 11) is 0. The summed E-state index contributed by atoms with van der Waals surface area (Å²) in [6, 6.07) is 8.17. The average Bonchev–Trinajstić information content (AvgIpc) is 3.11. The van der Waals surface area contributed by atoms with E-state index in [4.69, 9.17) is 10.5 Å². The Morgan fingerprint density at radius 2 is 1.88 bits per heavy atom. The number of ether oxygens (including phenoxy) is 1. The topological polar surface area (TPSA) is 67.6 Å². The Balaban J connectivity index is 0.00000169. The Morgan fingerprint density at radius 1 is 1.19 bits per heavy atom. The van der Waals surface area contributed by atoms with Gasteiger partial charge in [-0.2, -0.15) is 11.8 Å². The minimum absolute atomic E-state index is 0. The van der Waals surface area contributed by atoms with Crippen LogP contribution in [0.15, 0.2) is 24.3 Å². The minimum atomic E-state index is -0.366. The van der Waals surface area contributed by atoms with Gasteiger partial charge in [0.2, 0.25) is 0 Å². The number of anilines is 1. The van der Waals surface area contributed by atoms with Gasteiger partial charge in [0, 0.05) is 43.4 Å². The van der Waals surface area contributed by atoms with E-state index in [0.717, 1.165) is 31.5 Å². The molecule has 0 saturated carbocycles. The van der Waals surface area contributed by atoms with Crippen LogP contribution in [-0.4, -0.2) is 60.7 Å². The Kier molecular flexibility index (Phi) is 10.9. The summed E-state index contributed by atoms with van der Waals surface area (Å²) in [4.78, 5) is 14.7. The van der Waals surface area contributed by atoms with Gasteiger partial charge >= 0.3 is 0 Å². The first kappa shape index (κ1) is 23.5. The third-order valence-corrected chi connectivity index (χ3v) is 5.65. The van der Waals surface area contributed by atoms with Gasteiger partial charge < -0.3 is 20.7 Å². The lowest BCUT2D eigenvalue weighted by atomic mass is 10.1. The number of nitrogens with one attached hydrogen (secondary N) is 1. The molecule has 0 aliphatic carbocycles. The number of hydrogen-bond donors (Lipinski definition) is 2. The molecule has 0 spiro atoms. The van der Waals surface area contributed by atoms with Crippen molar-refractivity contribution in [3.8, 4) is 0 Å². The highest BCUT2D eigenvalue weighted by Crippen LogP contribution is 2.21. The molecule has 3 N–H and O–H groups in total. The van der Waals surface area contributed by atoms with Gasteiger partial charge in [0.25, 0.3) is 5.91 Å². The number of hydrogen-bond acceptors (Lipinski definition) is 5. The first-order chi connectivity index (χ1) is 11.7. The summed E-state index contributed by atoms with van der Waals surface area (Å²) in [5.41, 5.74) is 7.73. The van der Waals surface area contributed by atoms with Crippen molar-refractivity contribution >= 4 is 48.2 Å². The normalized spacial score (nSPS) is 23.0. The number of nitrogens with zero attached hydrogens (tertiary/aromatic N) is 1. The van der Waals surface area contributed by atoms with Crippen LogP contribution in [0.25, 0.3) is 0 Å². The Hall–Kier alpha value is -0.500. The second-order valence-electron chi connectivity index (χ2n) is 6.45. The zero-order valence-electron chi connectivity index (χ0n) is 14.9. The van der Waals surface area contributed by atoms with E-state index in [0.29, 0.717) is 6.54 Å². The summed E-state index contributed by atoms with van der Waals surface area (Å²) in [6.45, 7) is 3.99. The molecule has 2 heterocycles. The number of nitrogens with two attached hydrogens (primary N) is 1. The highest BCUT2D eigenvalue weighted by molar-refractivity contribution is 7.99. The maximum atomic E-state index is 12.2. The van der Waals surface area contributed by atoms with Crippen LogP contribution >= 0.6 is 36.6 Å². The van der Waals surface area contributed by atoms with Crippen molar-refractivity contribution in [2.24, 2.45) is 5.73 Å². The van der Waals surface area contributed by atoms with Gasteiger partial charge in [-0.1, -0.05) is 12.1 Å². The van der Waals surface area contributed by atoms with Crippen molar-refractivity contribution in [1.29, 1.82) is 0 Å². The zero-order chi connectivity index (χ0) is 16.8. The second kappa shape index (κ2) is 12.1. The van der Waals surface area contributed by atoms with Crippen LogP contribution in [0, 0.1) is 0 Å². The van der Waals surface area contributed by atoms with Crippen molar-refractivity contribution in [3.63, 3.8) is 0 Å². The molecule has 0 aromatic heterocycles. The highest BCUT2D eigenvalue weighted by atomic mass is 35.5. The molecule has 5 nitrogen and oxygen atoms in total. The summed E-state index contributed by atoms with van der Waals surface area (Å²) < 4.78 is 5.63. The van der Waals surface area contributed by atoms with Crippen molar-refractivity contribution < 1.29 is 9.53 Å². The summed E-state index contributed by atoms with van der Waals surface area (Å²) in [5, 5.41) is 2.94. The third kappa shape index (κ3) is 6.91. The Morgan fingerprint density at radius 3 is 2.50 bits per heavy atom. The molecule has 0 radical (unpaired) electrons. The molecule has 1 amide bonds. The van der Waals surface area contributed by atoms with Crippen LogP contribution in [0.3, 0.4) is 0 Å². The lowest BCUT2D eigenvalue weighted by Crippen LogP contribution is -2.34. The van der Waals surface area contributed by atoms with Crippen molar-refractivity contribution in [2.45, 2.75) is 31.5 Å². The standard InChI is InChI=1S/C18H27N3O2S.2ClH/c19-13-16-5-6-17(23-16)18(22)20-15-3-1-14(2-4-15)7-8-21-9-11-24-12-10-21;;/h1-4,16-17H,5-13,19H2,(H,20,22);2*1H/t16-,17+;;/m1../s1. The number of halogens is 2. The van der Waals surface area contributed by atoms with Crippen molar-refractivity contribution in [1.82, 2.24) is 4.90 Å². The van der Waals surface area contributed by atoms with E-state index in [1.165, 1.54) is 30.2 Å². The van der Waals surface area contributed by atoms with E-state index >= 15 is 0 Å². The van der Waals surface area contributed by atoms with E-state index in [1.807, 2.05) is 23.9 Å². The zero-order valence-corrected chi connectivity index (χ0v) is 17.3. The first-order valence-corrected chi connectivity index (χ1v) is 9.95. The molecule has 8 heteroatoms. The molecule has 26 heavy (non-hydrogen) atoms. The molecule has 3 rings (SSSR count). The Labute approximate surface area is 172 Å². The maximum Gasteiger partial charge on any atom is 0.253 e. The largest absolute Gasteiger partial charge is 0.364 e. The molecule has 148 valence electrons. The molecule has 1 aromatic carbocycles. The predicted octanol–water partition coefficient (Wildman–Crippen LogP) is 2.57. The number of amides is 1. The quantitative estimate of drug-likeness (QED) is 0.738. The fraction of sp³-hybridized carbons (Fsp3) is 0.611. The fourth-order valence-corrected chi connectivity index (χ4v) is 4.14. The first-order valence-electron chi connectivity index (χ1n) is 8.80. The van der Waals surface area contributed by atoms with E-state index in [-0.39, 0.29) is 42.9 Å². The third-order valence-electron chi connectivity index (χ3n) is 4.70. The van der Waals surface area contributed by atoms with E-state index in [9.17, 15) is 4.79 Å². The summed E-state index contributed by atoms with van der Waals surface area (Å²) in [5.74, 6) is 2.43. The molecule has 2 atom stereocenters. The van der Waals surface area contributed by atoms with E-state index in [2.05, 4.69) is 22.3 Å². The van der Waals surface area contributed by atoms with Crippen LogP contribution in [0.4, 0.5) is 5.69 Å². The smallest absolute Gasteiger partial charge is 0.253 e. The lowest BCUT2D eigenvalue weighted by molar-refractivity contribution is -0.126. The molecule has 0 bridgehead atoms.